The molecule has 1 N–H and O–H groups in total. The van der Waals surface area contributed by atoms with E-state index in [4.69, 9.17) is 4.74 Å². The monoisotopic (exact) mass is 366 g/mol. The molecule has 0 bridgehead atoms. The molecule has 1 unspecified atom stereocenters. The van der Waals surface area contributed by atoms with Gasteiger partial charge >= 0.3 is 6.03 Å². The summed E-state index contributed by atoms with van der Waals surface area (Å²) < 4.78 is 35.5. The minimum absolute atomic E-state index is 0.0235. The van der Waals surface area contributed by atoms with E-state index < -0.39 is 17.4 Å². The van der Waals surface area contributed by atoms with Gasteiger partial charge in [-0.2, -0.15) is 9.50 Å². The van der Waals surface area contributed by atoms with Crippen LogP contribution in [0.2, 0.25) is 0 Å². The van der Waals surface area contributed by atoms with Crippen molar-refractivity contribution < 1.29 is 18.3 Å². The largest absolute Gasteiger partial charge is 0.381 e. The summed E-state index contributed by atoms with van der Waals surface area (Å²) in [5.74, 6) is -2.35. The molecule has 4 heterocycles. The van der Waals surface area contributed by atoms with Crippen LogP contribution in [0.5, 0.6) is 0 Å². The Balaban J connectivity index is 1.53. The standard InChI is InChI=1S/C16H20F2N6O2/c1-10-7-11(2)24-13(19-10)20-12(22-24)21-14(25)23-5-3-16(17,18)15(8-23)4-6-26-9-15/h7H,3-6,8-9H2,1-2H3,(H,21,22,25). The van der Waals surface area contributed by atoms with Crippen molar-refractivity contribution in [1.82, 2.24) is 24.5 Å². The summed E-state index contributed by atoms with van der Waals surface area (Å²) in [7, 11) is 0. The number of nitrogens with zero attached hydrogens (tertiary/aromatic N) is 5. The number of likely N-dealkylation sites (tertiary alicyclic amines) is 1. The van der Waals surface area contributed by atoms with Crippen LogP contribution in [0, 0.1) is 19.3 Å². The van der Waals surface area contributed by atoms with Gasteiger partial charge in [-0.05, 0) is 26.3 Å². The van der Waals surface area contributed by atoms with Gasteiger partial charge in [-0.15, -0.1) is 5.10 Å². The van der Waals surface area contributed by atoms with Gasteiger partial charge in [0.2, 0.25) is 0 Å². The second-order valence-electron chi connectivity index (χ2n) is 7.08. The number of amides is 2. The number of rotatable bonds is 1. The second kappa shape index (κ2) is 5.83. The van der Waals surface area contributed by atoms with Gasteiger partial charge in [0.25, 0.3) is 17.6 Å². The van der Waals surface area contributed by atoms with Crippen LogP contribution in [0.4, 0.5) is 19.5 Å². The van der Waals surface area contributed by atoms with Crippen molar-refractivity contribution in [3.8, 4) is 0 Å². The first kappa shape index (κ1) is 17.1. The van der Waals surface area contributed by atoms with Crippen LogP contribution in [0.25, 0.3) is 5.78 Å². The zero-order valence-electron chi connectivity index (χ0n) is 14.6. The van der Waals surface area contributed by atoms with Gasteiger partial charge in [-0.25, -0.2) is 18.6 Å². The molecular formula is C16H20F2N6O2. The first-order valence-corrected chi connectivity index (χ1v) is 8.52. The maximum Gasteiger partial charge on any atom is 0.324 e. The number of aryl methyl sites for hydroxylation is 2. The molecule has 0 aliphatic carbocycles. The first-order chi connectivity index (χ1) is 12.3. The fourth-order valence-electron chi connectivity index (χ4n) is 3.69. The molecule has 2 saturated heterocycles. The molecule has 140 valence electrons. The number of piperidine rings is 1. The van der Waals surface area contributed by atoms with Gasteiger partial charge in [0.1, 0.15) is 0 Å². The Labute approximate surface area is 148 Å². The molecule has 2 aromatic heterocycles. The quantitative estimate of drug-likeness (QED) is 0.835. The van der Waals surface area contributed by atoms with Crippen LogP contribution in [0.1, 0.15) is 24.2 Å². The predicted octanol–water partition coefficient (Wildman–Crippen LogP) is 2.02. The van der Waals surface area contributed by atoms with E-state index in [1.165, 1.54) is 9.42 Å². The Morgan fingerprint density at radius 2 is 2.12 bits per heavy atom. The Kier molecular flexibility index (Phi) is 3.83. The fourth-order valence-corrected chi connectivity index (χ4v) is 3.69. The smallest absolute Gasteiger partial charge is 0.324 e. The van der Waals surface area contributed by atoms with E-state index in [9.17, 15) is 13.6 Å². The molecular weight excluding hydrogens is 346 g/mol. The van der Waals surface area contributed by atoms with Gasteiger partial charge in [0, 0.05) is 37.5 Å². The third-order valence-corrected chi connectivity index (χ3v) is 5.19. The van der Waals surface area contributed by atoms with Gasteiger partial charge in [0.05, 0.1) is 12.0 Å². The van der Waals surface area contributed by atoms with E-state index in [1.807, 2.05) is 19.9 Å². The number of fused-ring (bicyclic) bond motifs is 1. The Bertz CT molecular complexity index is 862. The molecule has 0 aromatic carbocycles. The Hall–Kier alpha value is -2.36. The lowest BCUT2D eigenvalue weighted by Gasteiger charge is -2.44. The molecule has 2 aromatic rings. The van der Waals surface area contributed by atoms with Crippen molar-refractivity contribution in [3.63, 3.8) is 0 Å². The van der Waals surface area contributed by atoms with Crippen molar-refractivity contribution in [1.29, 1.82) is 0 Å². The number of carbonyl (C=O) groups is 1. The summed E-state index contributed by atoms with van der Waals surface area (Å²) in [6, 6.07) is 1.36. The normalized spacial score (nSPS) is 25.2. The molecule has 26 heavy (non-hydrogen) atoms. The van der Waals surface area contributed by atoms with Gasteiger partial charge in [-0.3, -0.25) is 5.32 Å². The van der Waals surface area contributed by atoms with Crippen LogP contribution in [-0.2, 0) is 4.74 Å². The Morgan fingerprint density at radius 3 is 2.85 bits per heavy atom. The number of hydrogen-bond donors (Lipinski definition) is 1. The molecule has 10 heteroatoms. The fraction of sp³-hybridized carbons (Fsp3) is 0.625. The van der Waals surface area contributed by atoms with Crippen molar-refractivity contribution >= 4 is 17.8 Å². The second-order valence-corrected chi connectivity index (χ2v) is 7.08. The van der Waals surface area contributed by atoms with Crippen LogP contribution < -0.4 is 5.32 Å². The molecule has 2 aliphatic heterocycles. The number of hydrogen-bond acceptors (Lipinski definition) is 5. The van der Waals surface area contributed by atoms with Crippen molar-refractivity contribution in [2.45, 2.75) is 32.6 Å². The van der Waals surface area contributed by atoms with Crippen molar-refractivity contribution in [2.24, 2.45) is 5.41 Å². The minimum atomic E-state index is -2.83. The average Bonchev–Trinajstić information content (AvgIpc) is 3.18. The van der Waals surface area contributed by atoms with Gasteiger partial charge in [-0.1, -0.05) is 0 Å². The van der Waals surface area contributed by atoms with E-state index in [1.54, 1.807) is 0 Å². The number of nitrogens with one attached hydrogen (secondary N) is 1. The Morgan fingerprint density at radius 1 is 1.31 bits per heavy atom. The summed E-state index contributed by atoms with van der Waals surface area (Å²) in [4.78, 5) is 22.4. The molecule has 2 aliphatic rings. The molecule has 0 radical (unpaired) electrons. The van der Waals surface area contributed by atoms with Gasteiger partial charge in [0.15, 0.2) is 0 Å². The van der Waals surface area contributed by atoms with Crippen molar-refractivity contribution in [3.05, 3.63) is 17.5 Å². The van der Waals surface area contributed by atoms with Gasteiger partial charge < -0.3 is 9.64 Å². The highest BCUT2D eigenvalue weighted by Gasteiger charge is 2.59. The summed E-state index contributed by atoms with van der Waals surface area (Å²) in [6.45, 7) is 3.90. The topological polar surface area (TPSA) is 84.7 Å². The maximum absolute atomic E-state index is 14.4. The number of urea groups is 1. The highest BCUT2D eigenvalue weighted by Crippen LogP contribution is 2.48. The number of alkyl halides is 2. The van der Waals surface area contributed by atoms with Crippen LogP contribution in [0.3, 0.4) is 0 Å². The van der Waals surface area contributed by atoms with E-state index >= 15 is 0 Å². The van der Waals surface area contributed by atoms with Crippen molar-refractivity contribution in [2.75, 3.05) is 31.6 Å². The van der Waals surface area contributed by atoms with E-state index in [2.05, 4.69) is 20.4 Å². The predicted molar refractivity (Wildman–Crippen MR) is 88.3 cm³/mol. The molecule has 8 nitrogen and oxygen atoms in total. The lowest BCUT2D eigenvalue weighted by atomic mass is 9.76. The van der Waals surface area contributed by atoms with E-state index in [0.29, 0.717) is 12.4 Å². The third kappa shape index (κ3) is 2.68. The molecule has 0 saturated carbocycles. The molecule has 2 fully saturated rings. The lowest BCUT2D eigenvalue weighted by Crippen LogP contribution is -2.58. The highest BCUT2D eigenvalue weighted by atomic mass is 19.3. The summed E-state index contributed by atoms with van der Waals surface area (Å²) >= 11 is 0. The lowest BCUT2D eigenvalue weighted by molar-refractivity contribution is -0.158. The number of carbonyl (C=O) groups excluding carboxylic acids is 1. The summed E-state index contributed by atoms with van der Waals surface area (Å²) in [5.41, 5.74) is 0.325. The van der Waals surface area contributed by atoms with Crippen LogP contribution in [0.15, 0.2) is 6.07 Å². The highest BCUT2D eigenvalue weighted by molar-refractivity contribution is 5.87. The zero-order chi connectivity index (χ0) is 18.5. The minimum Gasteiger partial charge on any atom is -0.381 e. The number of aromatic nitrogens is 4. The third-order valence-electron chi connectivity index (χ3n) is 5.19. The molecule has 1 spiro atoms. The van der Waals surface area contributed by atoms with E-state index in [-0.39, 0.29) is 38.5 Å². The number of ether oxygens (including phenoxy) is 1. The number of anilines is 1. The zero-order valence-corrected chi connectivity index (χ0v) is 14.6. The molecule has 2 amide bonds. The number of halogens is 2. The summed E-state index contributed by atoms with van der Waals surface area (Å²) in [5, 5.41) is 6.82. The summed E-state index contributed by atoms with van der Waals surface area (Å²) in [6.07, 6.45) is -0.124. The molecule has 4 rings (SSSR count). The maximum atomic E-state index is 14.4. The SMILES string of the molecule is Cc1cc(C)n2nc(NC(=O)N3CCC(F)(F)C4(CCOC4)C3)nc2n1. The average molecular weight is 366 g/mol. The van der Waals surface area contributed by atoms with E-state index in [0.717, 1.165) is 11.4 Å². The van der Waals surface area contributed by atoms with Crippen LogP contribution >= 0.6 is 0 Å². The van der Waals surface area contributed by atoms with Crippen LogP contribution in [-0.4, -0.2) is 62.7 Å². The first-order valence-electron chi connectivity index (χ1n) is 8.52. The molecule has 1 atom stereocenters.